The first-order chi connectivity index (χ1) is 67.0. The third-order valence-corrected chi connectivity index (χ3v) is 16.9. The van der Waals surface area contributed by atoms with E-state index >= 15 is 18.4 Å². The Morgan fingerprint density at radius 2 is 0.915 bits per heavy atom. The minimum absolute atomic E-state index is 0.0407. The molecule has 106 heavy (non-hydrogen) atoms. The Morgan fingerprint density at radius 1 is 0.538 bits per heavy atom. The molecule has 0 radical (unpaired) electrons. The molecule has 0 atom stereocenters. The average molecular weight is 1540 g/mol. The Bertz CT molecular complexity index is 6950. The summed E-state index contributed by atoms with van der Waals surface area (Å²) in [6, 6.07) is 2.56. The maximum Gasteiger partial charge on any atom is 0.416 e. The van der Waals surface area contributed by atoms with Crippen LogP contribution in [0.2, 0.25) is 0 Å². The second-order valence-corrected chi connectivity index (χ2v) is 23.9. The Labute approximate surface area is 675 Å². The molecule has 12 nitrogen and oxygen atoms in total. The van der Waals surface area contributed by atoms with Gasteiger partial charge in [0, 0.05) is 154 Å². The third-order valence-electron chi connectivity index (χ3n) is 15.0. The van der Waals surface area contributed by atoms with Gasteiger partial charge in [-0.2, -0.15) is 26.3 Å². The zero-order chi connectivity index (χ0) is 113. The van der Waals surface area contributed by atoms with Crippen LogP contribution in [0.4, 0.5) is 43.9 Å². The molecule has 2 amide bonds. The molecule has 0 N–H and O–H groups in total. The Hall–Kier alpha value is -9.04. The van der Waals surface area contributed by atoms with E-state index in [1.807, 2.05) is 0 Å². The lowest BCUT2D eigenvalue weighted by molar-refractivity contribution is -0.138. The zero-order valence-electron chi connectivity index (χ0n) is 96.5. The van der Waals surface area contributed by atoms with Crippen LogP contribution in [-0.4, -0.2) is 119 Å². The number of fused-ring (bicyclic) bond motifs is 2. The molecule has 0 saturated carbocycles. The number of likely N-dealkylation sites (tertiary alicyclic amines) is 2. The van der Waals surface area contributed by atoms with E-state index in [0.29, 0.717) is 39.1 Å². The number of aromatic nitrogens is 2. The molecule has 0 aliphatic carbocycles. The SMILES string of the molecule is [2H]c1c(C)c([2H])c2c(=O)c([2H])c(SC([2H])([2H])c3cccc(F)c3F)n(CC(=O)N(C([2H])([2H])c3ccc(-c4ccc(C(F)(F)F)cc4)cc3)C3([2H])C([2H])([2H])C([2H])([2H])N(C([2H])([2H])COC([2H])([2H])[2H])C([2H])([2H])C3([2H])[2H])c2c1[2H].[2H]c1c(C)c([2H])c2c(=O)c([2H])c(SCc3cccc(F)c3F)n(CC(=O)N(C([2H])([2H])c3ccc(-c4ccc(C(F)(F)F)cc4)cc3)C3([2H])C([2H])([2H])C([2H])([2H])N(C([2H])([2H])COC([2H])([2H])[2H])C([2H])([2H])C3([2H])[2H])c2c1[2H]. The molecular formula is C82H80F10N6O6S2. The fraction of sp³-hybridized carbons (Fsp3) is 0.317. The van der Waals surface area contributed by atoms with Gasteiger partial charge in [0.25, 0.3) is 0 Å². The molecule has 12 rings (SSSR count). The largest absolute Gasteiger partial charge is 0.416 e. The van der Waals surface area contributed by atoms with Gasteiger partial charge in [-0.25, -0.2) is 17.6 Å². The average Bonchev–Trinajstić information content (AvgIpc) is 0.656. The molecule has 0 spiro atoms. The molecule has 2 aliphatic heterocycles. The first-order valence-corrected chi connectivity index (χ1v) is 32.4. The van der Waals surface area contributed by atoms with Crippen LogP contribution in [0.15, 0.2) is 201 Å². The number of piperidine rings is 2. The molecule has 0 unspecified atom stereocenters. The Morgan fingerprint density at radius 3 is 1.31 bits per heavy atom. The lowest BCUT2D eigenvalue weighted by atomic mass is 10.00. The van der Waals surface area contributed by atoms with E-state index in [0.717, 1.165) is 129 Å². The highest BCUT2D eigenvalue weighted by Gasteiger charge is 2.34. The third kappa shape index (κ3) is 19.6. The van der Waals surface area contributed by atoms with Gasteiger partial charge in [-0.1, -0.05) is 120 Å². The van der Waals surface area contributed by atoms with Crippen molar-refractivity contribution in [2.45, 2.75) is 111 Å². The number of alkyl halides is 6. The molecule has 2 saturated heterocycles. The summed E-state index contributed by atoms with van der Waals surface area (Å²) >= 11 is 0.0116. The molecule has 2 aromatic heterocycles. The minimum atomic E-state index is -4.76. The van der Waals surface area contributed by atoms with Gasteiger partial charge in [0.05, 0.1) is 72.8 Å². The number of ether oxygens (including phenoxy) is 2. The lowest BCUT2D eigenvalue weighted by Gasteiger charge is -2.39. The van der Waals surface area contributed by atoms with Crippen molar-refractivity contribution in [3.8, 4) is 22.3 Å². The molecule has 2 fully saturated rings. The summed E-state index contributed by atoms with van der Waals surface area (Å²) in [5, 5.41) is -3.63. The highest BCUT2D eigenvalue weighted by Crippen LogP contribution is 2.36. The number of methoxy groups -OCH3 is 2. The van der Waals surface area contributed by atoms with Gasteiger partial charge in [-0.15, -0.1) is 23.5 Å². The molecule has 556 valence electrons. The summed E-state index contributed by atoms with van der Waals surface area (Å²) in [4.78, 5) is 56.4. The quantitative estimate of drug-likeness (QED) is 0.0428. The molecule has 24 heteroatoms. The van der Waals surface area contributed by atoms with Gasteiger partial charge < -0.3 is 38.2 Å². The normalized spacial score (nSPS) is 25.3. The van der Waals surface area contributed by atoms with Crippen molar-refractivity contribution >= 4 is 57.1 Å². The van der Waals surface area contributed by atoms with Crippen molar-refractivity contribution in [3.05, 3.63) is 270 Å². The smallest absolute Gasteiger partial charge is 0.383 e. The van der Waals surface area contributed by atoms with E-state index in [1.165, 1.54) is 0 Å². The Balaban J connectivity index is 0.000000281. The van der Waals surface area contributed by atoms with Crippen LogP contribution in [0, 0.1) is 37.1 Å². The number of amides is 2. The molecule has 10 aromatic rings. The molecular weight excluding hydrogens is 1420 g/mol. The summed E-state index contributed by atoms with van der Waals surface area (Å²) in [6.45, 7) is -38.4. The predicted octanol–water partition coefficient (Wildman–Crippen LogP) is 17.4. The standard InChI is InChI=1S/2C41H40F5N3O3S/c2*1-27-6-15-36-34(22-27)37(50)23-39(53-26-31-4-3-5-35(42)40(31)43)49(36)25-38(51)48(33-16-18-47(19-17-33)20-21-52-2)24-28-7-9-29(10-8-28)30-11-13-32(14-12-30)41(44,45)46/h2*3-15,22-23,33H,16-21,24-26H2,1-2H3/i2D3,6D,15D,16D2,17D2,18D2,19D2,20D2,22D,23D,24D2,26D2,33D;2D3,6D,15D,16D2,17D2,18D2,19D2,20D2,22D,23D,24D2,33D. The highest BCUT2D eigenvalue weighted by atomic mass is 32.2. The molecule has 8 aromatic carbocycles. The van der Waals surface area contributed by atoms with Crippen molar-refractivity contribution in [3.63, 3.8) is 0 Å². The van der Waals surface area contributed by atoms with Crippen LogP contribution < -0.4 is 10.9 Å². The van der Waals surface area contributed by atoms with Gasteiger partial charge in [-0.3, -0.25) is 19.2 Å². The summed E-state index contributed by atoms with van der Waals surface area (Å²) < 4.78 is 519. The van der Waals surface area contributed by atoms with E-state index in [1.54, 1.807) is 0 Å². The van der Waals surface area contributed by atoms with Crippen LogP contribution in [-0.2, 0) is 69.0 Å². The van der Waals surface area contributed by atoms with Crippen LogP contribution in [0.25, 0.3) is 44.1 Å². The Kier molecular flexibility index (Phi) is 13.3. The summed E-state index contributed by atoms with van der Waals surface area (Å²) in [5.74, 6) is -11.1. The summed E-state index contributed by atoms with van der Waals surface area (Å²) in [5.41, 5.74) is -13.6. The fourth-order valence-electron chi connectivity index (χ4n) is 9.83. The highest BCUT2D eigenvalue weighted by molar-refractivity contribution is 7.98. The van der Waals surface area contributed by atoms with Crippen molar-refractivity contribution < 1.29 is 121 Å². The fourth-order valence-corrected chi connectivity index (χ4v) is 11.6. The van der Waals surface area contributed by atoms with E-state index in [2.05, 4.69) is 9.47 Å². The van der Waals surface area contributed by atoms with Gasteiger partial charge in [0.1, 0.15) is 13.1 Å². The predicted molar refractivity (Wildman–Crippen MR) is 395 cm³/mol. The second-order valence-electron chi connectivity index (χ2n) is 22.1. The van der Waals surface area contributed by atoms with Crippen LogP contribution in [0.3, 0.4) is 0 Å². The van der Waals surface area contributed by atoms with Crippen LogP contribution in [0.1, 0.15) is 128 Å². The number of hydrogen-bond acceptors (Lipinski definition) is 10. The number of benzene rings is 8. The summed E-state index contributed by atoms with van der Waals surface area (Å²) in [7, 11) is -6.93. The van der Waals surface area contributed by atoms with E-state index in [-0.39, 0.29) is 45.1 Å². The van der Waals surface area contributed by atoms with E-state index in [9.17, 15) is 63.9 Å². The minimum Gasteiger partial charge on any atom is -0.383 e. The summed E-state index contributed by atoms with van der Waals surface area (Å²) in [6.07, 6.45) is -28.0. The molecule has 0 bridgehead atoms. The number of halogens is 10. The maximum atomic E-state index is 15.6. The van der Waals surface area contributed by atoms with E-state index < -0.39 is 333 Å². The monoisotopic (exact) mass is 1540 g/mol. The number of carbonyl (C=O) groups is 2. The zero-order valence-corrected chi connectivity index (χ0v) is 56.1. The number of nitrogens with zero attached hydrogens (tertiary/aromatic N) is 6. The number of thioether (sulfide) groups is 2. The molecule has 2 aliphatic rings. The number of carbonyl (C=O) groups excluding carboxylic acids is 2. The van der Waals surface area contributed by atoms with Gasteiger partial charge in [0.15, 0.2) is 34.1 Å². The van der Waals surface area contributed by atoms with Crippen molar-refractivity contribution in [1.82, 2.24) is 28.7 Å². The second kappa shape index (κ2) is 35.1. The lowest BCUT2D eigenvalue weighted by Crippen LogP contribution is -2.48. The maximum absolute atomic E-state index is 15.6. The molecule has 4 heterocycles. The first-order valence-electron chi connectivity index (χ1n) is 51.6. The van der Waals surface area contributed by atoms with Crippen LogP contribution >= 0.6 is 23.5 Å². The van der Waals surface area contributed by atoms with Gasteiger partial charge in [0.2, 0.25) is 11.8 Å². The number of pyridine rings is 2. The van der Waals surface area contributed by atoms with E-state index in [4.69, 9.17) is 38.4 Å². The van der Waals surface area contributed by atoms with Gasteiger partial charge >= 0.3 is 12.4 Å². The van der Waals surface area contributed by atoms with Crippen molar-refractivity contribution in [2.75, 3.05) is 66.3 Å². The topological polar surface area (TPSA) is 110 Å². The van der Waals surface area contributed by atoms with Crippen LogP contribution in [0.5, 0.6) is 0 Å². The number of rotatable bonds is 24. The first kappa shape index (κ1) is 40.2. The number of hydrogen-bond donors (Lipinski definition) is 0. The van der Waals surface area contributed by atoms with Gasteiger partial charge in [-0.05, 0) is 133 Å². The van der Waals surface area contributed by atoms with Crippen molar-refractivity contribution in [1.29, 1.82) is 0 Å². The van der Waals surface area contributed by atoms with Crippen molar-refractivity contribution in [2.24, 2.45) is 0 Å².